The molecule has 2 unspecified atom stereocenters. The molecular weight excluding hydrogens is 261 g/mol. The lowest BCUT2D eigenvalue weighted by atomic mass is 9.96. The first kappa shape index (κ1) is 16.1. The Morgan fingerprint density at radius 3 is 2.20 bits per heavy atom. The molecule has 110 valence electrons. The van der Waals surface area contributed by atoms with Crippen molar-refractivity contribution in [2.45, 2.75) is 26.7 Å². The van der Waals surface area contributed by atoms with Crippen LogP contribution < -0.4 is 5.32 Å². The maximum Gasteiger partial charge on any atom is 0.312 e. The Labute approximate surface area is 118 Å². The summed E-state index contributed by atoms with van der Waals surface area (Å²) in [5, 5.41) is 11.9. The highest BCUT2D eigenvalue weighted by Gasteiger charge is 2.23. The Hall–Kier alpha value is -1.91. The van der Waals surface area contributed by atoms with Crippen LogP contribution >= 0.6 is 0 Å². The number of hydrogen-bond acceptors (Lipinski definition) is 2. The second-order valence-electron chi connectivity index (χ2n) is 5.22. The molecule has 0 aliphatic carbocycles. The van der Waals surface area contributed by atoms with Gasteiger partial charge in [0.25, 0.3) is 0 Å². The fourth-order valence-electron chi connectivity index (χ4n) is 1.71. The summed E-state index contributed by atoms with van der Waals surface area (Å²) < 4.78 is 12.8. The van der Waals surface area contributed by atoms with Gasteiger partial charge in [0.1, 0.15) is 5.82 Å². The Morgan fingerprint density at radius 1 is 1.20 bits per heavy atom. The molecule has 0 aliphatic heterocycles. The molecule has 2 N–H and O–H groups in total. The summed E-state index contributed by atoms with van der Waals surface area (Å²) in [4.78, 5) is 23.1. The second kappa shape index (κ2) is 7.03. The average Bonchev–Trinajstić information content (AvgIpc) is 2.39. The summed E-state index contributed by atoms with van der Waals surface area (Å²) in [6, 6.07) is 5.27. The smallest absolute Gasteiger partial charge is 0.312 e. The van der Waals surface area contributed by atoms with E-state index in [1.54, 1.807) is 6.92 Å². The van der Waals surface area contributed by atoms with Gasteiger partial charge in [-0.25, -0.2) is 4.39 Å². The molecule has 0 saturated carbocycles. The van der Waals surface area contributed by atoms with Crippen molar-refractivity contribution in [3.05, 3.63) is 35.6 Å². The van der Waals surface area contributed by atoms with E-state index in [0.29, 0.717) is 5.56 Å². The number of rotatable bonds is 6. The van der Waals surface area contributed by atoms with Crippen LogP contribution in [0.5, 0.6) is 0 Å². The SMILES string of the molecule is CC(C)C(C)C(=O)NCC(C(=O)O)c1ccc(F)cc1. The number of carbonyl (C=O) groups excluding carboxylic acids is 1. The summed E-state index contributed by atoms with van der Waals surface area (Å²) in [6.07, 6.45) is 0. The fourth-order valence-corrected chi connectivity index (χ4v) is 1.71. The van der Waals surface area contributed by atoms with Crippen LogP contribution in [0.1, 0.15) is 32.3 Å². The van der Waals surface area contributed by atoms with Crippen LogP contribution in [0.25, 0.3) is 0 Å². The molecule has 0 radical (unpaired) electrons. The Kier molecular flexibility index (Phi) is 5.67. The second-order valence-corrected chi connectivity index (χ2v) is 5.22. The van der Waals surface area contributed by atoms with E-state index in [2.05, 4.69) is 5.32 Å². The molecule has 1 aromatic rings. The van der Waals surface area contributed by atoms with Crippen LogP contribution in [0.15, 0.2) is 24.3 Å². The van der Waals surface area contributed by atoms with E-state index in [-0.39, 0.29) is 24.3 Å². The highest BCUT2D eigenvalue weighted by atomic mass is 19.1. The van der Waals surface area contributed by atoms with Crippen molar-refractivity contribution in [2.75, 3.05) is 6.54 Å². The minimum Gasteiger partial charge on any atom is -0.481 e. The maximum absolute atomic E-state index is 12.8. The van der Waals surface area contributed by atoms with Crippen molar-refractivity contribution in [1.29, 1.82) is 0 Å². The zero-order valence-corrected chi connectivity index (χ0v) is 11.9. The van der Waals surface area contributed by atoms with Crippen molar-refractivity contribution in [2.24, 2.45) is 11.8 Å². The normalized spacial score (nSPS) is 13.8. The number of carboxylic acids is 1. The minimum atomic E-state index is -1.05. The van der Waals surface area contributed by atoms with E-state index in [0.717, 1.165) is 0 Å². The molecule has 0 bridgehead atoms. The van der Waals surface area contributed by atoms with Gasteiger partial charge in [-0.05, 0) is 23.6 Å². The predicted molar refractivity (Wildman–Crippen MR) is 73.8 cm³/mol. The van der Waals surface area contributed by atoms with Crippen molar-refractivity contribution in [3.8, 4) is 0 Å². The van der Waals surface area contributed by atoms with Gasteiger partial charge in [0, 0.05) is 12.5 Å². The molecule has 0 fully saturated rings. The molecule has 1 aromatic carbocycles. The number of aliphatic carboxylic acids is 1. The zero-order chi connectivity index (χ0) is 15.3. The third-order valence-electron chi connectivity index (χ3n) is 3.46. The molecule has 1 rings (SSSR count). The van der Waals surface area contributed by atoms with E-state index in [1.165, 1.54) is 24.3 Å². The van der Waals surface area contributed by atoms with Crippen LogP contribution in [0.3, 0.4) is 0 Å². The number of carbonyl (C=O) groups is 2. The van der Waals surface area contributed by atoms with Crippen molar-refractivity contribution >= 4 is 11.9 Å². The summed E-state index contributed by atoms with van der Waals surface area (Å²) in [5.74, 6) is -2.52. The van der Waals surface area contributed by atoms with Gasteiger partial charge in [-0.1, -0.05) is 32.9 Å². The molecule has 0 heterocycles. The molecular formula is C15H20FNO3. The van der Waals surface area contributed by atoms with Crippen molar-refractivity contribution in [3.63, 3.8) is 0 Å². The minimum absolute atomic E-state index is 0.00312. The highest BCUT2D eigenvalue weighted by molar-refractivity contribution is 5.81. The van der Waals surface area contributed by atoms with Gasteiger partial charge in [0.15, 0.2) is 0 Å². The van der Waals surface area contributed by atoms with Gasteiger partial charge in [-0.3, -0.25) is 9.59 Å². The van der Waals surface area contributed by atoms with Crippen LogP contribution in [0, 0.1) is 17.7 Å². The van der Waals surface area contributed by atoms with E-state index < -0.39 is 17.7 Å². The van der Waals surface area contributed by atoms with Crippen LogP contribution in [0.2, 0.25) is 0 Å². The zero-order valence-electron chi connectivity index (χ0n) is 11.9. The molecule has 1 amide bonds. The lowest BCUT2D eigenvalue weighted by molar-refractivity contribution is -0.138. The van der Waals surface area contributed by atoms with Gasteiger partial charge in [0.05, 0.1) is 5.92 Å². The van der Waals surface area contributed by atoms with E-state index >= 15 is 0 Å². The van der Waals surface area contributed by atoms with Gasteiger partial charge in [-0.15, -0.1) is 0 Å². The van der Waals surface area contributed by atoms with Crippen molar-refractivity contribution < 1.29 is 19.1 Å². The topological polar surface area (TPSA) is 66.4 Å². The highest BCUT2D eigenvalue weighted by Crippen LogP contribution is 2.17. The standard InChI is InChI=1S/C15H20FNO3/c1-9(2)10(3)14(18)17-8-13(15(19)20)11-4-6-12(16)7-5-11/h4-7,9-10,13H,8H2,1-3H3,(H,17,18)(H,19,20). The molecule has 0 spiro atoms. The Morgan fingerprint density at radius 2 is 1.75 bits per heavy atom. The van der Waals surface area contributed by atoms with Crippen molar-refractivity contribution in [1.82, 2.24) is 5.32 Å². The summed E-state index contributed by atoms with van der Waals surface area (Å²) >= 11 is 0. The number of nitrogens with one attached hydrogen (secondary N) is 1. The molecule has 0 saturated heterocycles. The molecule has 20 heavy (non-hydrogen) atoms. The van der Waals surface area contributed by atoms with E-state index in [9.17, 15) is 19.1 Å². The molecule has 0 aromatic heterocycles. The molecule has 5 heteroatoms. The monoisotopic (exact) mass is 281 g/mol. The van der Waals surface area contributed by atoms with E-state index in [4.69, 9.17) is 0 Å². The number of halogens is 1. The first-order valence-electron chi connectivity index (χ1n) is 6.59. The summed E-state index contributed by atoms with van der Waals surface area (Å²) in [7, 11) is 0. The van der Waals surface area contributed by atoms with Crippen LogP contribution in [-0.4, -0.2) is 23.5 Å². The average molecular weight is 281 g/mol. The lowest BCUT2D eigenvalue weighted by Gasteiger charge is -2.18. The largest absolute Gasteiger partial charge is 0.481 e. The Balaban J connectivity index is 2.72. The third kappa shape index (κ3) is 4.33. The predicted octanol–water partition coefficient (Wildman–Crippen LogP) is 2.40. The van der Waals surface area contributed by atoms with Crippen LogP contribution in [0.4, 0.5) is 4.39 Å². The fraction of sp³-hybridized carbons (Fsp3) is 0.467. The summed E-state index contributed by atoms with van der Waals surface area (Å²) in [5.41, 5.74) is 0.469. The van der Waals surface area contributed by atoms with Gasteiger partial charge in [0.2, 0.25) is 5.91 Å². The third-order valence-corrected chi connectivity index (χ3v) is 3.46. The van der Waals surface area contributed by atoms with Gasteiger partial charge in [-0.2, -0.15) is 0 Å². The number of benzene rings is 1. The van der Waals surface area contributed by atoms with E-state index in [1.807, 2.05) is 13.8 Å². The maximum atomic E-state index is 12.8. The first-order valence-corrected chi connectivity index (χ1v) is 6.59. The van der Waals surface area contributed by atoms with Gasteiger partial charge >= 0.3 is 5.97 Å². The Bertz CT molecular complexity index is 471. The molecule has 2 atom stereocenters. The molecule has 4 nitrogen and oxygen atoms in total. The number of amides is 1. The van der Waals surface area contributed by atoms with Crippen LogP contribution in [-0.2, 0) is 9.59 Å². The number of carboxylic acid groups (broad SMARTS) is 1. The quantitative estimate of drug-likeness (QED) is 0.841. The molecule has 0 aliphatic rings. The first-order chi connectivity index (χ1) is 9.32. The lowest BCUT2D eigenvalue weighted by Crippen LogP contribution is -2.36. The summed E-state index contributed by atoms with van der Waals surface area (Å²) in [6.45, 7) is 5.66. The number of hydrogen-bond donors (Lipinski definition) is 2. The van der Waals surface area contributed by atoms with Gasteiger partial charge < -0.3 is 10.4 Å².